The number of benzene rings is 1. The Morgan fingerprint density at radius 2 is 2.07 bits per heavy atom. The molecule has 0 fully saturated rings. The first-order valence-electron chi connectivity index (χ1n) is 4.79. The van der Waals surface area contributed by atoms with Crippen LogP contribution in [0.3, 0.4) is 0 Å². The van der Waals surface area contributed by atoms with E-state index in [1.165, 1.54) is 4.90 Å². The number of nitrogens with two attached hydrogens (primary N) is 1. The summed E-state index contributed by atoms with van der Waals surface area (Å²) in [5, 5.41) is 3.38. The minimum absolute atomic E-state index is 0.160. The van der Waals surface area contributed by atoms with Crippen molar-refractivity contribution in [1.82, 2.24) is 0 Å². The van der Waals surface area contributed by atoms with Crippen molar-refractivity contribution in [3.05, 3.63) is 24.3 Å². The van der Waals surface area contributed by atoms with Gasteiger partial charge < -0.3 is 11.1 Å². The highest BCUT2D eigenvalue weighted by atomic mass is 32.2. The molecule has 78 valence electrons. The van der Waals surface area contributed by atoms with Gasteiger partial charge in [0.2, 0.25) is 0 Å². The van der Waals surface area contributed by atoms with Crippen molar-refractivity contribution >= 4 is 17.4 Å². The van der Waals surface area contributed by atoms with Gasteiger partial charge in [-0.2, -0.15) is 0 Å². The van der Waals surface area contributed by atoms with Gasteiger partial charge in [-0.25, -0.2) is 0 Å². The third-order valence-corrected chi connectivity index (χ3v) is 2.98. The fourth-order valence-corrected chi connectivity index (χ4v) is 1.57. The van der Waals surface area contributed by atoms with Crippen LogP contribution in [0.15, 0.2) is 29.2 Å². The molecule has 3 N–H and O–H groups in total. The van der Waals surface area contributed by atoms with Gasteiger partial charge in [0.05, 0.1) is 0 Å². The van der Waals surface area contributed by atoms with Gasteiger partial charge in [-0.3, -0.25) is 0 Å². The molecule has 1 aromatic carbocycles. The summed E-state index contributed by atoms with van der Waals surface area (Å²) in [6, 6.07) is 8.83. The molecule has 0 aliphatic carbocycles. The second-order valence-electron chi connectivity index (χ2n) is 3.52. The Morgan fingerprint density at radius 1 is 1.36 bits per heavy atom. The van der Waals surface area contributed by atoms with Crippen molar-refractivity contribution in [3.8, 4) is 0 Å². The molecule has 3 heteroatoms. The monoisotopic (exact) mass is 210 g/mol. The normalized spacial score (nSPS) is 14.9. The van der Waals surface area contributed by atoms with Gasteiger partial charge >= 0.3 is 0 Å². The summed E-state index contributed by atoms with van der Waals surface area (Å²) in [6.45, 7) is 4.10. The van der Waals surface area contributed by atoms with Crippen LogP contribution in [0.25, 0.3) is 0 Å². The molecular formula is C11H18N2S. The first-order chi connectivity index (χ1) is 6.63. The van der Waals surface area contributed by atoms with Crippen molar-refractivity contribution in [2.24, 2.45) is 5.73 Å². The molecule has 0 saturated heterocycles. The number of thioether (sulfide) groups is 1. The minimum atomic E-state index is 0.160. The Bertz CT molecular complexity index is 286. The Balaban J connectivity index is 2.66. The summed E-state index contributed by atoms with van der Waals surface area (Å²) in [5.41, 5.74) is 6.93. The first kappa shape index (κ1) is 11.4. The van der Waals surface area contributed by atoms with E-state index in [1.807, 2.05) is 6.92 Å². The maximum atomic E-state index is 5.79. The predicted octanol–water partition coefficient (Wildman–Crippen LogP) is 2.56. The van der Waals surface area contributed by atoms with Crippen molar-refractivity contribution in [2.75, 3.05) is 11.6 Å². The van der Waals surface area contributed by atoms with Crippen LogP contribution in [-0.4, -0.2) is 18.3 Å². The van der Waals surface area contributed by atoms with Gasteiger partial charge in [0, 0.05) is 22.7 Å². The molecule has 0 spiro atoms. The quantitative estimate of drug-likeness (QED) is 0.750. The van der Waals surface area contributed by atoms with E-state index >= 15 is 0 Å². The molecule has 1 aromatic rings. The molecule has 2 unspecified atom stereocenters. The molecule has 1 rings (SSSR count). The lowest BCUT2D eigenvalue weighted by Gasteiger charge is -2.18. The lowest BCUT2D eigenvalue weighted by molar-refractivity contribution is 0.638. The van der Waals surface area contributed by atoms with Crippen LogP contribution in [0, 0.1) is 0 Å². The van der Waals surface area contributed by atoms with Gasteiger partial charge in [-0.15, -0.1) is 11.8 Å². The van der Waals surface area contributed by atoms with E-state index in [0.717, 1.165) is 5.69 Å². The summed E-state index contributed by atoms with van der Waals surface area (Å²) in [4.78, 5) is 1.27. The van der Waals surface area contributed by atoms with E-state index in [4.69, 9.17) is 5.73 Å². The maximum absolute atomic E-state index is 5.79. The summed E-state index contributed by atoms with van der Waals surface area (Å²) < 4.78 is 0. The second-order valence-corrected chi connectivity index (χ2v) is 4.40. The third-order valence-electron chi connectivity index (χ3n) is 2.25. The fraction of sp³-hybridized carbons (Fsp3) is 0.455. The van der Waals surface area contributed by atoms with Gasteiger partial charge in [-0.05, 0) is 38.3 Å². The van der Waals surface area contributed by atoms with Crippen molar-refractivity contribution in [3.63, 3.8) is 0 Å². The molecule has 2 atom stereocenters. The molecule has 0 heterocycles. The predicted molar refractivity (Wildman–Crippen MR) is 65.0 cm³/mol. The average molecular weight is 210 g/mol. The van der Waals surface area contributed by atoms with Gasteiger partial charge in [0.15, 0.2) is 0 Å². The van der Waals surface area contributed by atoms with E-state index in [2.05, 4.69) is 42.8 Å². The third kappa shape index (κ3) is 3.24. The summed E-state index contributed by atoms with van der Waals surface area (Å²) >= 11 is 1.75. The van der Waals surface area contributed by atoms with E-state index in [9.17, 15) is 0 Å². The summed E-state index contributed by atoms with van der Waals surface area (Å²) in [6.07, 6.45) is 2.08. The Labute approximate surface area is 90.3 Å². The summed E-state index contributed by atoms with van der Waals surface area (Å²) in [5.74, 6) is 0. The first-order valence-corrected chi connectivity index (χ1v) is 6.02. The van der Waals surface area contributed by atoms with Gasteiger partial charge in [0.25, 0.3) is 0 Å². The standard InChI is InChI=1S/C11H18N2S/c1-8(12)9(2)13-10-5-4-6-11(7-10)14-3/h4-9,13H,12H2,1-3H3. The minimum Gasteiger partial charge on any atom is -0.381 e. The molecule has 0 aliphatic rings. The van der Waals surface area contributed by atoms with Crippen LogP contribution >= 0.6 is 11.8 Å². The SMILES string of the molecule is CSc1cccc(NC(C)C(C)N)c1. The molecular weight excluding hydrogens is 192 g/mol. The number of hydrogen-bond acceptors (Lipinski definition) is 3. The molecule has 0 saturated carbocycles. The number of nitrogens with one attached hydrogen (secondary N) is 1. The van der Waals surface area contributed by atoms with Crippen molar-refractivity contribution in [2.45, 2.75) is 30.8 Å². The van der Waals surface area contributed by atoms with Crippen molar-refractivity contribution < 1.29 is 0 Å². The van der Waals surface area contributed by atoms with E-state index in [-0.39, 0.29) is 6.04 Å². The smallest absolute Gasteiger partial charge is 0.0381 e. The highest BCUT2D eigenvalue weighted by Gasteiger charge is 2.06. The van der Waals surface area contributed by atoms with E-state index in [1.54, 1.807) is 11.8 Å². The average Bonchev–Trinajstić information content (AvgIpc) is 2.18. The molecule has 0 amide bonds. The molecule has 2 nitrogen and oxygen atoms in total. The molecule has 0 aliphatic heterocycles. The van der Waals surface area contributed by atoms with E-state index in [0.29, 0.717) is 6.04 Å². The lowest BCUT2D eigenvalue weighted by atomic mass is 10.2. The molecule has 14 heavy (non-hydrogen) atoms. The summed E-state index contributed by atoms with van der Waals surface area (Å²) in [7, 11) is 0. The zero-order valence-electron chi connectivity index (χ0n) is 8.95. The fourth-order valence-electron chi connectivity index (χ4n) is 1.11. The highest BCUT2D eigenvalue weighted by Crippen LogP contribution is 2.19. The molecule has 0 bridgehead atoms. The van der Waals surface area contributed by atoms with Crippen LogP contribution in [0.2, 0.25) is 0 Å². The Kier molecular flexibility index (Phi) is 4.29. The Morgan fingerprint density at radius 3 is 2.64 bits per heavy atom. The lowest BCUT2D eigenvalue weighted by Crippen LogP contribution is -2.35. The maximum Gasteiger partial charge on any atom is 0.0381 e. The topological polar surface area (TPSA) is 38.0 Å². The zero-order valence-corrected chi connectivity index (χ0v) is 9.77. The molecule has 0 radical (unpaired) electrons. The van der Waals surface area contributed by atoms with Gasteiger partial charge in [0.1, 0.15) is 0 Å². The molecule has 0 aromatic heterocycles. The van der Waals surface area contributed by atoms with Crippen LogP contribution in [0.4, 0.5) is 5.69 Å². The van der Waals surface area contributed by atoms with Crippen LogP contribution in [-0.2, 0) is 0 Å². The van der Waals surface area contributed by atoms with Crippen molar-refractivity contribution in [1.29, 1.82) is 0 Å². The van der Waals surface area contributed by atoms with E-state index < -0.39 is 0 Å². The number of hydrogen-bond donors (Lipinski definition) is 2. The number of rotatable bonds is 4. The van der Waals surface area contributed by atoms with Crippen LogP contribution in [0.1, 0.15) is 13.8 Å². The van der Waals surface area contributed by atoms with Gasteiger partial charge in [-0.1, -0.05) is 6.07 Å². The second kappa shape index (κ2) is 5.27. The zero-order chi connectivity index (χ0) is 10.6. The van der Waals surface area contributed by atoms with Crippen LogP contribution in [0.5, 0.6) is 0 Å². The van der Waals surface area contributed by atoms with Crippen LogP contribution < -0.4 is 11.1 Å². The highest BCUT2D eigenvalue weighted by molar-refractivity contribution is 7.98. The Hall–Kier alpha value is -0.670. The number of anilines is 1. The largest absolute Gasteiger partial charge is 0.381 e.